The van der Waals surface area contributed by atoms with Gasteiger partial charge in [0.2, 0.25) is 0 Å². The molecule has 0 aliphatic rings. The normalized spacial score (nSPS) is 12.0. The first-order chi connectivity index (χ1) is 11.7. The Morgan fingerprint density at radius 2 is 1.92 bits per heavy atom. The molecule has 5 nitrogen and oxygen atoms in total. The number of H-pyrrole nitrogens is 1. The molecule has 2 aromatic heterocycles. The fourth-order valence-electron chi connectivity index (χ4n) is 2.66. The highest BCUT2D eigenvalue weighted by molar-refractivity contribution is 5.93. The first-order valence-corrected chi connectivity index (χ1v) is 7.59. The summed E-state index contributed by atoms with van der Waals surface area (Å²) in [6.45, 7) is 1.93. The van der Waals surface area contributed by atoms with E-state index >= 15 is 0 Å². The monoisotopic (exact) mass is 317 g/mol. The standard InChI is InChI=1S/C19H15N3O2/c1-12(10-13-11-20-16-8-4-2-6-14(13)16)18-21-19(24-22-18)15-7-3-5-9-17(15)23/h2-11,20,23H,1H3/b12-10+. The van der Waals surface area contributed by atoms with Crippen LogP contribution in [-0.2, 0) is 0 Å². The van der Waals surface area contributed by atoms with Crippen LogP contribution in [0, 0.1) is 0 Å². The van der Waals surface area contributed by atoms with Gasteiger partial charge in [-0.25, -0.2) is 0 Å². The Labute approximate surface area is 138 Å². The number of para-hydroxylation sites is 2. The number of nitrogens with one attached hydrogen (secondary N) is 1. The molecule has 0 unspecified atom stereocenters. The van der Waals surface area contributed by atoms with Crippen LogP contribution in [0.4, 0.5) is 0 Å². The third-order valence-electron chi connectivity index (χ3n) is 3.91. The van der Waals surface area contributed by atoms with E-state index in [0.29, 0.717) is 17.3 Å². The number of hydrogen-bond donors (Lipinski definition) is 2. The van der Waals surface area contributed by atoms with E-state index in [0.717, 1.165) is 22.0 Å². The Kier molecular flexibility index (Phi) is 3.39. The van der Waals surface area contributed by atoms with Crippen molar-refractivity contribution in [2.45, 2.75) is 6.92 Å². The third kappa shape index (κ3) is 2.46. The number of allylic oxidation sites excluding steroid dienone is 1. The molecular weight excluding hydrogens is 302 g/mol. The van der Waals surface area contributed by atoms with Gasteiger partial charge in [-0.2, -0.15) is 4.98 Å². The Bertz CT molecular complexity index is 1040. The van der Waals surface area contributed by atoms with Gasteiger partial charge in [-0.1, -0.05) is 35.5 Å². The molecule has 24 heavy (non-hydrogen) atoms. The van der Waals surface area contributed by atoms with Crippen LogP contribution in [0.25, 0.3) is 34.0 Å². The fraction of sp³-hybridized carbons (Fsp3) is 0.0526. The van der Waals surface area contributed by atoms with Crippen molar-refractivity contribution in [2.75, 3.05) is 0 Å². The molecule has 0 bridgehead atoms. The van der Waals surface area contributed by atoms with Gasteiger partial charge in [-0.05, 0) is 36.8 Å². The number of benzene rings is 2. The summed E-state index contributed by atoms with van der Waals surface area (Å²) in [4.78, 5) is 7.63. The number of fused-ring (bicyclic) bond motifs is 1. The van der Waals surface area contributed by atoms with Gasteiger partial charge in [0.15, 0.2) is 5.82 Å². The molecule has 5 heteroatoms. The molecule has 0 aliphatic carbocycles. The lowest BCUT2D eigenvalue weighted by molar-refractivity contribution is 0.422. The lowest BCUT2D eigenvalue weighted by Gasteiger charge is -1.97. The Hall–Kier alpha value is -3.34. The van der Waals surface area contributed by atoms with E-state index < -0.39 is 0 Å². The third-order valence-corrected chi connectivity index (χ3v) is 3.91. The van der Waals surface area contributed by atoms with Crippen LogP contribution < -0.4 is 0 Å². The second kappa shape index (κ2) is 5.70. The molecule has 4 rings (SSSR count). The lowest BCUT2D eigenvalue weighted by atomic mass is 10.1. The van der Waals surface area contributed by atoms with E-state index in [1.807, 2.05) is 43.5 Å². The van der Waals surface area contributed by atoms with Crippen LogP contribution in [0.1, 0.15) is 18.3 Å². The van der Waals surface area contributed by atoms with Gasteiger partial charge in [0.1, 0.15) is 5.75 Å². The van der Waals surface area contributed by atoms with Crippen molar-refractivity contribution >= 4 is 22.6 Å². The van der Waals surface area contributed by atoms with Gasteiger partial charge in [0.05, 0.1) is 5.56 Å². The Balaban J connectivity index is 1.70. The van der Waals surface area contributed by atoms with Crippen molar-refractivity contribution < 1.29 is 9.63 Å². The van der Waals surface area contributed by atoms with E-state index in [1.165, 1.54) is 0 Å². The predicted molar refractivity (Wildman–Crippen MR) is 93.2 cm³/mol. The average Bonchev–Trinajstić information content (AvgIpc) is 3.23. The minimum Gasteiger partial charge on any atom is -0.507 e. The average molecular weight is 317 g/mol. The van der Waals surface area contributed by atoms with E-state index in [2.05, 4.69) is 21.2 Å². The molecule has 0 radical (unpaired) electrons. The van der Waals surface area contributed by atoms with Gasteiger partial charge >= 0.3 is 0 Å². The number of hydrogen-bond acceptors (Lipinski definition) is 4. The largest absolute Gasteiger partial charge is 0.507 e. The van der Waals surface area contributed by atoms with Crippen molar-refractivity contribution in [3.63, 3.8) is 0 Å². The summed E-state index contributed by atoms with van der Waals surface area (Å²) in [5.41, 5.74) is 3.55. The van der Waals surface area contributed by atoms with Crippen LogP contribution in [0.2, 0.25) is 0 Å². The van der Waals surface area contributed by atoms with Gasteiger partial charge in [-0.3, -0.25) is 0 Å². The molecule has 0 amide bonds. The smallest absolute Gasteiger partial charge is 0.261 e. The molecular formula is C19H15N3O2. The summed E-state index contributed by atoms with van der Waals surface area (Å²) in [5, 5.41) is 15.0. The quantitative estimate of drug-likeness (QED) is 0.584. The number of phenols is 1. The van der Waals surface area contributed by atoms with Crippen molar-refractivity contribution in [3.8, 4) is 17.2 Å². The zero-order chi connectivity index (χ0) is 16.5. The van der Waals surface area contributed by atoms with Gasteiger partial charge in [-0.15, -0.1) is 0 Å². The number of nitrogens with zero attached hydrogens (tertiary/aromatic N) is 2. The topological polar surface area (TPSA) is 74.9 Å². The SMILES string of the molecule is C/C(=C\c1c[nH]c2ccccc12)c1noc(-c2ccccc2O)n1. The summed E-state index contributed by atoms with van der Waals surface area (Å²) in [6.07, 6.45) is 3.97. The fourth-order valence-corrected chi connectivity index (χ4v) is 2.66. The molecule has 118 valence electrons. The van der Waals surface area contributed by atoms with Crippen LogP contribution in [0.15, 0.2) is 59.3 Å². The van der Waals surface area contributed by atoms with E-state index in [1.54, 1.807) is 18.2 Å². The molecule has 2 N–H and O–H groups in total. The number of aromatic amines is 1. The minimum absolute atomic E-state index is 0.117. The van der Waals surface area contributed by atoms with Crippen molar-refractivity contribution in [1.29, 1.82) is 0 Å². The first kappa shape index (κ1) is 14.3. The molecule has 2 heterocycles. The first-order valence-electron chi connectivity index (χ1n) is 7.59. The summed E-state index contributed by atoms with van der Waals surface area (Å²) in [6, 6.07) is 15.0. The highest BCUT2D eigenvalue weighted by Gasteiger charge is 2.13. The lowest BCUT2D eigenvalue weighted by Crippen LogP contribution is -1.84. The summed E-state index contributed by atoms with van der Waals surface area (Å²) in [5.74, 6) is 0.916. The van der Waals surface area contributed by atoms with Gasteiger partial charge in [0.25, 0.3) is 5.89 Å². The number of aromatic nitrogens is 3. The van der Waals surface area contributed by atoms with Crippen LogP contribution in [-0.4, -0.2) is 20.2 Å². The number of phenolic OH excluding ortho intramolecular Hbond substituents is 1. The molecule has 0 aliphatic heterocycles. The molecule has 0 saturated heterocycles. The van der Waals surface area contributed by atoms with Crippen molar-refractivity contribution in [2.24, 2.45) is 0 Å². The van der Waals surface area contributed by atoms with Crippen molar-refractivity contribution in [1.82, 2.24) is 15.1 Å². The highest BCUT2D eigenvalue weighted by atomic mass is 16.5. The summed E-state index contributed by atoms with van der Waals surface area (Å²) >= 11 is 0. The molecule has 0 saturated carbocycles. The van der Waals surface area contributed by atoms with Crippen molar-refractivity contribution in [3.05, 3.63) is 66.1 Å². The predicted octanol–water partition coefficient (Wildman–Crippen LogP) is 4.48. The molecule has 0 fully saturated rings. The maximum Gasteiger partial charge on any atom is 0.261 e. The van der Waals surface area contributed by atoms with Crippen LogP contribution in [0.5, 0.6) is 5.75 Å². The molecule has 0 spiro atoms. The molecule has 0 atom stereocenters. The number of rotatable bonds is 3. The van der Waals surface area contributed by atoms with E-state index in [4.69, 9.17) is 4.52 Å². The second-order valence-electron chi connectivity index (χ2n) is 5.56. The Morgan fingerprint density at radius 3 is 2.79 bits per heavy atom. The van der Waals surface area contributed by atoms with Crippen LogP contribution in [0.3, 0.4) is 0 Å². The summed E-state index contributed by atoms with van der Waals surface area (Å²) < 4.78 is 5.29. The second-order valence-corrected chi connectivity index (χ2v) is 5.56. The summed E-state index contributed by atoms with van der Waals surface area (Å²) in [7, 11) is 0. The number of aromatic hydroxyl groups is 1. The minimum atomic E-state index is 0.117. The van der Waals surface area contributed by atoms with E-state index in [-0.39, 0.29) is 5.75 Å². The van der Waals surface area contributed by atoms with Gasteiger partial charge < -0.3 is 14.6 Å². The zero-order valence-corrected chi connectivity index (χ0v) is 13.0. The molecule has 2 aromatic carbocycles. The van der Waals surface area contributed by atoms with E-state index in [9.17, 15) is 5.11 Å². The Morgan fingerprint density at radius 1 is 1.12 bits per heavy atom. The van der Waals surface area contributed by atoms with Gasteiger partial charge in [0, 0.05) is 22.7 Å². The molecule has 4 aromatic rings. The maximum atomic E-state index is 9.89. The highest BCUT2D eigenvalue weighted by Crippen LogP contribution is 2.29. The van der Waals surface area contributed by atoms with Crippen LogP contribution >= 0.6 is 0 Å². The maximum absolute atomic E-state index is 9.89. The zero-order valence-electron chi connectivity index (χ0n) is 13.0.